The molecule has 2 fully saturated rings. The molecule has 1 heterocycles. The highest BCUT2D eigenvalue weighted by atomic mass is 16.4. The number of aliphatic carboxylic acids is 1. The summed E-state index contributed by atoms with van der Waals surface area (Å²) in [5.41, 5.74) is -0.691. The number of carboxylic acids is 1. The Morgan fingerprint density at radius 3 is 2.80 bits per heavy atom. The highest BCUT2D eigenvalue weighted by molar-refractivity contribution is 5.79. The first-order chi connectivity index (χ1) is 9.59. The van der Waals surface area contributed by atoms with E-state index in [0.717, 1.165) is 38.8 Å². The Labute approximate surface area is 122 Å². The van der Waals surface area contributed by atoms with Gasteiger partial charge in [-0.3, -0.25) is 9.69 Å². The topological polar surface area (TPSA) is 52.6 Å². The van der Waals surface area contributed by atoms with Gasteiger partial charge >= 0.3 is 5.97 Å². The fourth-order valence-corrected chi connectivity index (χ4v) is 4.14. The van der Waals surface area contributed by atoms with Gasteiger partial charge in [0.15, 0.2) is 0 Å². The second-order valence-electron chi connectivity index (χ2n) is 6.60. The summed E-state index contributed by atoms with van der Waals surface area (Å²) in [5, 5.41) is 12.9. The van der Waals surface area contributed by atoms with Crippen LogP contribution in [0.1, 0.15) is 65.2 Å². The van der Waals surface area contributed by atoms with E-state index in [1.54, 1.807) is 0 Å². The Bertz CT molecular complexity index is 330. The summed E-state index contributed by atoms with van der Waals surface area (Å²) in [6.45, 7) is 6.20. The molecule has 1 saturated heterocycles. The molecule has 4 heteroatoms. The maximum Gasteiger partial charge on any atom is 0.323 e. The van der Waals surface area contributed by atoms with Gasteiger partial charge in [0.2, 0.25) is 0 Å². The van der Waals surface area contributed by atoms with Gasteiger partial charge in [0, 0.05) is 12.1 Å². The Morgan fingerprint density at radius 1 is 1.30 bits per heavy atom. The number of nitrogens with zero attached hydrogens (tertiary/aromatic N) is 1. The van der Waals surface area contributed by atoms with Crippen molar-refractivity contribution in [3.05, 3.63) is 0 Å². The summed E-state index contributed by atoms with van der Waals surface area (Å²) in [7, 11) is 0. The van der Waals surface area contributed by atoms with Gasteiger partial charge in [0.05, 0.1) is 0 Å². The molecule has 0 aromatic rings. The van der Waals surface area contributed by atoms with E-state index in [2.05, 4.69) is 17.1 Å². The lowest BCUT2D eigenvalue weighted by Crippen LogP contribution is -2.59. The molecule has 3 unspecified atom stereocenters. The number of hydrogen-bond donors (Lipinski definition) is 2. The molecule has 1 aliphatic heterocycles. The number of nitrogens with one attached hydrogen (secondary N) is 1. The maximum atomic E-state index is 11.8. The molecule has 2 rings (SSSR count). The maximum absolute atomic E-state index is 11.8. The second-order valence-corrected chi connectivity index (χ2v) is 6.60. The van der Waals surface area contributed by atoms with Crippen molar-refractivity contribution < 1.29 is 9.90 Å². The normalized spacial score (nSPS) is 36.5. The zero-order chi connectivity index (χ0) is 14.6. The molecular formula is C16H30N2O2. The van der Waals surface area contributed by atoms with E-state index < -0.39 is 11.5 Å². The van der Waals surface area contributed by atoms with E-state index in [4.69, 9.17) is 0 Å². The Balaban J connectivity index is 2.09. The molecule has 0 amide bonds. The highest BCUT2D eigenvalue weighted by Crippen LogP contribution is 2.34. The number of rotatable bonds is 4. The van der Waals surface area contributed by atoms with Crippen molar-refractivity contribution in [2.24, 2.45) is 0 Å². The molecule has 0 aromatic heterocycles. The van der Waals surface area contributed by atoms with Crippen LogP contribution in [0.2, 0.25) is 0 Å². The molecule has 116 valence electrons. The summed E-state index contributed by atoms with van der Waals surface area (Å²) in [6.07, 6.45) is 8.89. The molecule has 0 aromatic carbocycles. The predicted molar refractivity (Wildman–Crippen MR) is 80.9 cm³/mol. The lowest BCUT2D eigenvalue weighted by Gasteiger charge is -2.44. The zero-order valence-corrected chi connectivity index (χ0v) is 13.0. The van der Waals surface area contributed by atoms with Crippen LogP contribution >= 0.6 is 0 Å². The van der Waals surface area contributed by atoms with Gasteiger partial charge in [0.25, 0.3) is 0 Å². The predicted octanol–water partition coefficient (Wildman–Crippen LogP) is 2.63. The van der Waals surface area contributed by atoms with Gasteiger partial charge in [0.1, 0.15) is 5.54 Å². The quantitative estimate of drug-likeness (QED) is 0.832. The molecule has 2 N–H and O–H groups in total. The lowest BCUT2D eigenvalue weighted by molar-refractivity contribution is -0.147. The number of hydrogen-bond acceptors (Lipinski definition) is 3. The highest BCUT2D eigenvalue weighted by Gasteiger charge is 2.44. The van der Waals surface area contributed by atoms with Crippen molar-refractivity contribution in [3.8, 4) is 0 Å². The van der Waals surface area contributed by atoms with Crippen LogP contribution in [0.3, 0.4) is 0 Å². The van der Waals surface area contributed by atoms with Crippen LogP contribution in [0.25, 0.3) is 0 Å². The van der Waals surface area contributed by atoms with E-state index in [0.29, 0.717) is 12.1 Å². The summed E-state index contributed by atoms with van der Waals surface area (Å²) in [4.78, 5) is 14.4. The van der Waals surface area contributed by atoms with Gasteiger partial charge in [-0.25, -0.2) is 0 Å². The minimum absolute atomic E-state index is 0.437. The molecule has 20 heavy (non-hydrogen) atoms. The first kappa shape index (κ1) is 15.8. The van der Waals surface area contributed by atoms with E-state index in [9.17, 15) is 9.90 Å². The number of carboxylic acid groups (broad SMARTS) is 1. The molecule has 1 aliphatic carbocycles. The SMILES string of the molecule is CCNC1(C(=O)O)CCCC(N2CCCCCC2C)C1. The van der Waals surface area contributed by atoms with Crippen molar-refractivity contribution in [3.63, 3.8) is 0 Å². The van der Waals surface area contributed by atoms with E-state index in [1.165, 1.54) is 25.7 Å². The van der Waals surface area contributed by atoms with E-state index in [-0.39, 0.29) is 0 Å². The summed E-state index contributed by atoms with van der Waals surface area (Å²) < 4.78 is 0. The largest absolute Gasteiger partial charge is 0.480 e. The van der Waals surface area contributed by atoms with Crippen LogP contribution in [0.5, 0.6) is 0 Å². The average Bonchev–Trinajstić information content (AvgIpc) is 2.64. The van der Waals surface area contributed by atoms with Crippen molar-refractivity contribution in [1.29, 1.82) is 0 Å². The summed E-state index contributed by atoms with van der Waals surface area (Å²) in [6, 6.07) is 1.04. The first-order valence-electron chi connectivity index (χ1n) is 8.33. The van der Waals surface area contributed by atoms with Crippen LogP contribution < -0.4 is 5.32 Å². The van der Waals surface area contributed by atoms with Gasteiger partial charge in [-0.2, -0.15) is 0 Å². The Kier molecular flexibility index (Phi) is 5.44. The van der Waals surface area contributed by atoms with Crippen LogP contribution in [0.15, 0.2) is 0 Å². The minimum atomic E-state index is -0.691. The second kappa shape index (κ2) is 6.90. The standard InChI is InChI=1S/C16H30N2O2/c1-3-17-16(15(19)20)10-7-9-14(12-16)18-11-6-4-5-8-13(18)2/h13-14,17H,3-12H2,1-2H3,(H,19,20). The smallest absolute Gasteiger partial charge is 0.323 e. The fourth-order valence-electron chi connectivity index (χ4n) is 4.14. The third-order valence-corrected chi connectivity index (χ3v) is 5.22. The van der Waals surface area contributed by atoms with Crippen molar-refractivity contribution in [2.75, 3.05) is 13.1 Å². The fraction of sp³-hybridized carbons (Fsp3) is 0.938. The van der Waals surface area contributed by atoms with Crippen LogP contribution in [-0.4, -0.2) is 46.7 Å². The van der Waals surface area contributed by atoms with E-state index in [1.807, 2.05) is 6.92 Å². The molecule has 1 saturated carbocycles. The molecule has 0 radical (unpaired) electrons. The average molecular weight is 282 g/mol. The van der Waals surface area contributed by atoms with Crippen molar-refractivity contribution >= 4 is 5.97 Å². The van der Waals surface area contributed by atoms with E-state index >= 15 is 0 Å². The number of likely N-dealkylation sites (tertiary alicyclic amines) is 1. The Morgan fingerprint density at radius 2 is 2.10 bits per heavy atom. The first-order valence-corrected chi connectivity index (χ1v) is 8.33. The zero-order valence-electron chi connectivity index (χ0n) is 13.0. The third kappa shape index (κ3) is 3.34. The molecule has 2 aliphatic rings. The van der Waals surface area contributed by atoms with Gasteiger partial charge in [-0.1, -0.05) is 19.8 Å². The number of likely N-dealkylation sites (N-methyl/N-ethyl adjacent to an activating group) is 1. The summed E-state index contributed by atoms with van der Waals surface area (Å²) in [5.74, 6) is -0.661. The summed E-state index contributed by atoms with van der Waals surface area (Å²) >= 11 is 0. The van der Waals surface area contributed by atoms with Crippen LogP contribution in [0.4, 0.5) is 0 Å². The molecular weight excluding hydrogens is 252 g/mol. The molecule has 4 nitrogen and oxygen atoms in total. The van der Waals surface area contributed by atoms with Crippen LogP contribution in [0, 0.1) is 0 Å². The van der Waals surface area contributed by atoms with Crippen molar-refractivity contribution in [1.82, 2.24) is 10.2 Å². The van der Waals surface area contributed by atoms with Crippen LogP contribution in [-0.2, 0) is 4.79 Å². The lowest BCUT2D eigenvalue weighted by atomic mass is 9.78. The number of carbonyl (C=O) groups is 1. The minimum Gasteiger partial charge on any atom is -0.480 e. The monoisotopic (exact) mass is 282 g/mol. The molecule has 0 spiro atoms. The Hall–Kier alpha value is -0.610. The van der Waals surface area contributed by atoms with Gasteiger partial charge < -0.3 is 10.4 Å². The van der Waals surface area contributed by atoms with Gasteiger partial charge in [-0.05, 0) is 58.5 Å². The third-order valence-electron chi connectivity index (χ3n) is 5.22. The molecule has 0 bridgehead atoms. The van der Waals surface area contributed by atoms with Gasteiger partial charge in [-0.15, -0.1) is 0 Å². The van der Waals surface area contributed by atoms with Crippen molar-refractivity contribution in [2.45, 2.75) is 82.8 Å². The molecule has 3 atom stereocenters.